The Morgan fingerprint density at radius 2 is 1.94 bits per heavy atom. The van der Waals surface area contributed by atoms with Crippen LogP contribution in [0.1, 0.15) is 53.9 Å². The van der Waals surface area contributed by atoms with E-state index in [1.807, 2.05) is 20.8 Å². The van der Waals surface area contributed by atoms with Crippen molar-refractivity contribution in [2.24, 2.45) is 0 Å². The molecule has 0 spiro atoms. The molecule has 0 aliphatic carbocycles. The Hall–Kier alpha value is -0.770. The Bertz CT molecular complexity index is 212. The Labute approximate surface area is 105 Å². The third-order valence-electron chi connectivity index (χ3n) is 2.22. The zero-order valence-electron chi connectivity index (χ0n) is 11.9. The number of ether oxygens (including phenoxy) is 1. The highest BCUT2D eigenvalue weighted by Crippen LogP contribution is 2.06. The molecule has 0 fully saturated rings. The third-order valence-corrected chi connectivity index (χ3v) is 2.22. The molecular weight excluding hydrogens is 216 g/mol. The van der Waals surface area contributed by atoms with Crippen molar-refractivity contribution in [1.29, 1.82) is 0 Å². The quantitative estimate of drug-likeness (QED) is 0.677. The van der Waals surface area contributed by atoms with Crippen LogP contribution in [-0.4, -0.2) is 30.8 Å². The van der Waals surface area contributed by atoms with Crippen molar-refractivity contribution in [3.8, 4) is 0 Å². The lowest BCUT2D eigenvalue weighted by Crippen LogP contribution is -2.41. The summed E-state index contributed by atoms with van der Waals surface area (Å²) in [4.78, 5) is 11.4. The van der Waals surface area contributed by atoms with Gasteiger partial charge in [-0.2, -0.15) is 0 Å². The number of amides is 1. The lowest BCUT2D eigenvalue weighted by Gasteiger charge is -2.21. The van der Waals surface area contributed by atoms with Gasteiger partial charge in [-0.05, 0) is 40.7 Å². The van der Waals surface area contributed by atoms with Gasteiger partial charge in [0.05, 0.1) is 0 Å². The van der Waals surface area contributed by atoms with Crippen LogP contribution in [0.4, 0.5) is 4.79 Å². The first-order valence-corrected chi connectivity index (χ1v) is 6.55. The summed E-state index contributed by atoms with van der Waals surface area (Å²) < 4.78 is 5.15. The van der Waals surface area contributed by atoms with Gasteiger partial charge >= 0.3 is 6.09 Å². The second-order valence-corrected chi connectivity index (χ2v) is 5.45. The largest absolute Gasteiger partial charge is 0.444 e. The molecule has 17 heavy (non-hydrogen) atoms. The molecule has 0 aromatic rings. The SMILES string of the molecule is CCCCCNC(C)CNC(=O)OC(C)(C)C. The lowest BCUT2D eigenvalue weighted by atomic mass is 10.2. The number of rotatable bonds is 7. The summed E-state index contributed by atoms with van der Waals surface area (Å²) in [5.74, 6) is 0. The van der Waals surface area contributed by atoms with Gasteiger partial charge < -0.3 is 15.4 Å². The number of carbonyl (C=O) groups excluding carboxylic acids is 1. The second-order valence-electron chi connectivity index (χ2n) is 5.45. The van der Waals surface area contributed by atoms with Gasteiger partial charge in [-0.15, -0.1) is 0 Å². The fourth-order valence-electron chi connectivity index (χ4n) is 1.35. The molecule has 0 saturated carbocycles. The summed E-state index contributed by atoms with van der Waals surface area (Å²) in [6.07, 6.45) is 3.32. The summed E-state index contributed by atoms with van der Waals surface area (Å²) in [6.45, 7) is 11.4. The fourth-order valence-corrected chi connectivity index (χ4v) is 1.35. The Morgan fingerprint density at radius 1 is 1.29 bits per heavy atom. The van der Waals surface area contributed by atoms with Crippen LogP contribution in [0.25, 0.3) is 0 Å². The Balaban J connectivity index is 3.55. The van der Waals surface area contributed by atoms with Crippen molar-refractivity contribution in [2.75, 3.05) is 13.1 Å². The molecule has 0 aliphatic heterocycles. The zero-order valence-corrected chi connectivity index (χ0v) is 11.9. The van der Waals surface area contributed by atoms with Crippen LogP contribution in [0.5, 0.6) is 0 Å². The average Bonchev–Trinajstić information content (AvgIpc) is 2.19. The minimum atomic E-state index is -0.429. The van der Waals surface area contributed by atoms with Crippen molar-refractivity contribution >= 4 is 6.09 Å². The molecule has 0 bridgehead atoms. The molecule has 0 saturated heterocycles. The van der Waals surface area contributed by atoms with E-state index in [4.69, 9.17) is 4.74 Å². The summed E-state index contributed by atoms with van der Waals surface area (Å²) in [5, 5.41) is 6.12. The summed E-state index contributed by atoms with van der Waals surface area (Å²) in [5.41, 5.74) is -0.429. The van der Waals surface area contributed by atoms with E-state index in [1.165, 1.54) is 19.3 Å². The predicted octanol–water partition coefficient (Wildman–Crippen LogP) is 2.68. The standard InChI is InChI=1S/C13H28N2O2/c1-6-7-8-9-14-11(2)10-15-12(16)17-13(3,4)5/h11,14H,6-10H2,1-5H3,(H,15,16). The molecule has 1 atom stereocenters. The molecule has 1 unspecified atom stereocenters. The molecule has 2 N–H and O–H groups in total. The van der Waals surface area contributed by atoms with E-state index in [0.717, 1.165) is 6.54 Å². The average molecular weight is 244 g/mol. The van der Waals surface area contributed by atoms with Gasteiger partial charge in [0, 0.05) is 12.6 Å². The molecule has 0 rings (SSSR count). The normalized spacial score (nSPS) is 13.2. The van der Waals surface area contributed by atoms with E-state index < -0.39 is 5.60 Å². The number of carbonyl (C=O) groups is 1. The molecule has 102 valence electrons. The fraction of sp³-hybridized carbons (Fsp3) is 0.923. The summed E-state index contributed by atoms with van der Waals surface area (Å²) in [7, 11) is 0. The molecule has 4 heteroatoms. The van der Waals surface area contributed by atoms with E-state index >= 15 is 0 Å². The van der Waals surface area contributed by atoms with Crippen LogP contribution in [0, 0.1) is 0 Å². The first kappa shape index (κ1) is 16.2. The lowest BCUT2D eigenvalue weighted by molar-refractivity contribution is 0.0523. The van der Waals surface area contributed by atoms with Gasteiger partial charge in [-0.25, -0.2) is 4.79 Å². The molecule has 0 aromatic heterocycles. The van der Waals surface area contributed by atoms with Crippen LogP contribution in [0.15, 0.2) is 0 Å². The number of hydrogen-bond donors (Lipinski definition) is 2. The number of nitrogens with one attached hydrogen (secondary N) is 2. The third kappa shape index (κ3) is 11.5. The topological polar surface area (TPSA) is 50.4 Å². The molecule has 0 aromatic carbocycles. The van der Waals surface area contributed by atoms with Crippen molar-refractivity contribution in [2.45, 2.75) is 65.5 Å². The van der Waals surface area contributed by atoms with E-state index in [0.29, 0.717) is 6.54 Å². The minimum Gasteiger partial charge on any atom is -0.444 e. The van der Waals surface area contributed by atoms with Gasteiger partial charge in [0.25, 0.3) is 0 Å². The van der Waals surface area contributed by atoms with Crippen LogP contribution in [-0.2, 0) is 4.74 Å². The number of hydrogen-bond acceptors (Lipinski definition) is 3. The zero-order chi connectivity index (χ0) is 13.3. The van der Waals surface area contributed by atoms with E-state index in [-0.39, 0.29) is 12.1 Å². The summed E-state index contributed by atoms with van der Waals surface area (Å²) in [6, 6.07) is 0.277. The van der Waals surface area contributed by atoms with Crippen LogP contribution in [0.2, 0.25) is 0 Å². The van der Waals surface area contributed by atoms with Gasteiger partial charge in [0.1, 0.15) is 5.60 Å². The van der Waals surface area contributed by atoms with Crippen LogP contribution < -0.4 is 10.6 Å². The number of unbranched alkanes of at least 4 members (excludes halogenated alkanes) is 2. The first-order chi connectivity index (χ1) is 7.85. The maximum atomic E-state index is 11.4. The first-order valence-electron chi connectivity index (χ1n) is 6.55. The van der Waals surface area contributed by atoms with Gasteiger partial charge in [-0.1, -0.05) is 19.8 Å². The highest BCUT2D eigenvalue weighted by atomic mass is 16.6. The molecular formula is C13H28N2O2. The van der Waals surface area contributed by atoms with Gasteiger partial charge in [-0.3, -0.25) is 0 Å². The molecule has 0 aliphatic rings. The van der Waals surface area contributed by atoms with Crippen molar-refractivity contribution in [1.82, 2.24) is 10.6 Å². The van der Waals surface area contributed by atoms with E-state index in [2.05, 4.69) is 24.5 Å². The predicted molar refractivity (Wildman–Crippen MR) is 71.2 cm³/mol. The van der Waals surface area contributed by atoms with Crippen molar-refractivity contribution in [3.05, 3.63) is 0 Å². The molecule has 0 heterocycles. The number of alkyl carbamates (subject to hydrolysis) is 1. The minimum absolute atomic E-state index is 0.277. The molecule has 4 nitrogen and oxygen atoms in total. The smallest absolute Gasteiger partial charge is 0.407 e. The highest BCUT2D eigenvalue weighted by molar-refractivity contribution is 5.67. The Kier molecular flexibility index (Phi) is 7.96. The monoisotopic (exact) mass is 244 g/mol. The second kappa shape index (κ2) is 8.34. The van der Waals surface area contributed by atoms with Crippen LogP contribution in [0.3, 0.4) is 0 Å². The van der Waals surface area contributed by atoms with E-state index in [9.17, 15) is 4.79 Å². The molecule has 1 amide bonds. The Morgan fingerprint density at radius 3 is 2.47 bits per heavy atom. The summed E-state index contributed by atoms with van der Waals surface area (Å²) >= 11 is 0. The van der Waals surface area contributed by atoms with Crippen molar-refractivity contribution in [3.63, 3.8) is 0 Å². The van der Waals surface area contributed by atoms with Crippen molar-refractivity contribution < 1.29 is 9.53 Å². The van der Waals surface area contributed by atoms with Gasteiger partial charge in [0.2, 0.25) is 0 Å². The maximum Gasteiger partial charge on any atom is 0.407 e. The molecule has 0 radical (unpaired) electrons. The van der Waals surface area contributed by atoms with Crippen LogP contribution >= 0.6 is 0 Å². The van der Waals surface area contributed by atoms with E-state index in [1.54, 1.807) is 0 Å². The maximum absolute atomic E-state index is 11.4. The highest BCUT2D eigenvalue weighted by Gasteiger charge is 2.16. The van der Waals surface area contributed by atoms with Gasteiger partial charge in [0.15, 0.2) is 0 Å².